The highest BCUT2D eigenvalue weighted by atomic mass is 19.1. The molecular weight excluding hydrogens is 212 g/mol. The maximum Gasteiger partial charge on any atom is 0.134 e. The van der Waals surface area contributed by atoms with Crippen molar-refractivity contribution in [2.75, 3.05) is 7.05 Å². The van der Waals surface area contributed by atoms with Crippen LogP contribution < -0.4 is 5.32 Å². The normalized spacial score (nSPS) is 10.7. The van der Waals surface area contributed by atoms with Gasteiger partial charge in [0.1, 0.15) is 17.4 Å². The van der Waals surface area contributed by atoms with E-state index in [1.54, 1.807) is 13.1 Å². The summed E-state index contributed by atoms with van der Waals surface area (Å²) >= 11 is 0. The first kappa shape index (κ1) is 10.8. The molecule has 1 aromatic heterocycles. The van der Waals surface area contributed by atoms with Crippen molar-refractivity contribution in [2.24, 2.45) is 0 Å². The molecule has 0 aliphatic carbocycles. The van der Waals surface area contributed by atoms with Crippen LogP contribution in [-0.4, -0.2) is 7.05 Å². The van der Waals surface area contributed by atoms with Gasteiger partial charge in [-0.25, -0.2) is 8.78 Å². The van der Waals surface area contributed by atoms with Gasteiger partial charge in [0.15, 0.2) is 0 Å². The second kappa shape index (κ2) is 4.45. The van der Waals surface area contributed by atoms with E-state index in [9.17, 15) is 8.78 Å². The minimum atomic E-state index is -0.584. The summed E-state index contributed by atoms with van der Waals surface area (Å²) in [6.07, 6.45) is 1.49. The summed E-state index contributed by atoms with van der Waals surface area (Å²) in [5.74, 6) is -0.535. The number of halogens is 2. The van der Waals surface area contributed by atoms with Gasteiger partial charge >= 0.3 is 0 Å². The topological polar surface area (TPSA) is 25.2 Å². The third-order valence-corrected chi connectivity index (χ3v) is 2.30. The van der Waals surface area contributed by atoms with Crippen molar-refractivity contribution in [2.45, 2.75) is 6.54 Å². The standard InChI is InChI=1S/C12H11F2NO/c1-15-7-12-10(4-5-16-12)9-3-2-8(13)6-11(9)14/h2-6,15H,7H2,1H3. The van der Waals surface area contributed by atoms with Crippen molar-refractivity contribution in [3.63, 3.8) is 0 Å². The molecule has 0 atom stereocenters. The molecule has 0 fully saturated rings. The average Bonchev–Trinajstić information content (AvgIpc) is 2.67. The number of furan rings is 1. The molecule has 4 heteroatoms. The zero-order valence-electron chi connectivity index (χ0n) is 8.76. The lowest BCUT2D eigenvalue weighted by Crippen LogP contribution is -2.05. The molecular formula is C12H11F2NO. The van der Waals surface area contributed by atoms with E-state index < -0.39 is 11.6 Å². The van der Waals surface area contributed by atoms with E-state index in [4.69, 9.17) is 4.42 Å². The molecule has 0 unspecified atom stereocenters. The molecule has 0 saturated carbocycles. The number of nitrogens with one attached hydrogen (secondary N) is 1. The second-order valence-corrected chi connectivity index (χ2v) is 3.41. The van der Waals surface area contributed by atoms with Crippen molar-refractivity contribution in [1.82, 2.24) is 5.32 Å². The number of benzene rings is 1. The van der Waals surface area contributed by atoms with Gasteiger partial charge in [-0.1, -0.05) is 0 Å². The smallest absolute Gasteiger partial charge is 0.134 e. The Morgan fingerprint density at radius 2 is 2.00 bits per heavy atom. The number of hydrogen-bond acceptors (Lipinski definition) is 2. The first-order valence-corrected chi connectivity index (χ1v) is 4.88. The predicted molar refractivity (Wildman–Crippen MR) is 56.8 cm³/mol. The van der Waals surface area contributed by atoms with Crippen molar-refractivity contribution >= 4 is 0 Å². The van der Waals surface area contributed by atoms with Gasteiger partial charge in [0.05, 0.1) is 12.8 Å². The van der Waals surface area contributed by atoms with E-state index in [2.05, 4.69) is 5.32 Å². The van der Waals surface area contributed by atoms with Crippen LogP contribution in [0.3, 0.4) is 0 Å². The van der Waals surface area contributed by atoms with Crippen LogP contribution in [0.15, 0.2) is 34.9 Å². The molecule has 0 bridgehead atoms. The predicted octanol–water partition coefficient (Wildman–Crippen LogP) is 2.94. The van der Waals surface area contributed by atoms with Gasteiger partial charge < -0.3 is 9.73 Å². The van der Waals surface area contributed by atoms with Crippen LogP contribution in [0.2, 0.25) is 0 Å². The van der Waals surface area contributed by atoms with Crippen LogP contribution in [0, 0.1) is 11.6 Å². The molecule has 0 aliphatic heterocycles. The van der Waals surface area contributed by atoms with Crippen molar-refractivity contribution in [3.8, 4) is 11.1 Å². The van der Waals surface area contributed by atoms with Crippen LogP contribution in [0.1, 0.15) is 5.76 Å². The first-order valence-electron chi connectivity index (χ1n) is 4.88. The average molecular weight is 223 g/mol. The maximum absolute atomic E-state index is 13.5. The number of hydrogen-bond donors (Lipinski definition) is 1. The fraction of sp³-hybridized carbons (Fsp3) is 0.167. The first-order chi connectivity index (χ1) is 7.72. The van der Waals surface area contributed by atoms with Gasteiger partial charge in [0.25, 0.3) is 0 Å². The SMILES string of the molecule is CNCc1occc1-c1ccc(F)cc1F. The van der Waals surface area contributed by atoms with Gasteiger partial charge in [-0.05, 0) is 25.2 Å². The maximum atomic E-state index is 13.5. The fourth-order valence-electron chi connectivity index (χ4n) is 1.59. The summed E-state index contributed by atoms with van der Waals surface area (Å²) < 4.78 is 31.5. The van der Waals surface area contributed by atoms with E-state index in [1.807, 2.05) is 0 Å². The highest BCUT2D eigenvalue weighted by Gasteiger charge is 2.12. The molecule has 1 aromatic carbocycles. The lowest BCUT2D eigenvalue weighted by Gasteiger charge is -2.03. The molecule has 0 amide bonds. The molecule has 2 aromatic rings. The summed E-state index contributed by atoms with van der Waals surface area (Å²) in [5, 5.41) is 2.92. The Balaban J connectivity index is 2.46. The molecule has 2 rings (SSSR count). The minimum absolute atomic E-state index is 0.348. The van der Waals surface area contributed by atoms with Gasteiger partial charge in [0.2, 0.25) is 0 Å². The van der Waals surface area contributed by atoms with Gasteiger partial charge in [0, 0.05) is 17.2 Å². The monoisotopic (exact) mass is 223 g/mol. The summed E-state index contributed by atoms with van der Waals surface area (Å²) in [6.45, 7) is 0.499. The number of rotatable bonds is 3. The third kappa shape index (κ3) is 1.97. The molecule has 2 nitrogen and oxygen atoms in total. The van der Waals surface area contributed by atoms with E-state index in [0.717, 1.165) is 6.07 Å². The molecule has 0 spiro atoms. The van der Waals surface area contributed by atoms with Crippen LogP contribution in [0.5, 0.6) is 0 Å². The minimum Gasteiger partial charge on any atom is -0.467 e. The Kier molecular flexibility index (Phi) is 3.01. The van der Waals surface area contributed by atoms with E-state index in [1.165, 1.54) is 18.4 Å². The zero-order valence-corrected chi connectivity index (χ0v) is 8.76. The summed E-state index contributed by atoms with van der Waals surface area (Å²) in [6, 6.07) is 5.18. The highest BCUT2D eigenvalue weighted by molar-refractivity contribution is 5.66. The van der Waals surface area contributed by atoms with Crippen LogP contribution in [0.25, 0.3) is 11.1 Å². The second-order valence-electron chi connectivity index (χ2n) is 3.41. The van der Waals surface area contributed by atoms with Gasteiger partial charge in [-0.3, -0.25) is 0 Å². The van der Waals surface area contributed by atoms with E-state index in [-0.39, 0.29) is 0 Å². The van der Waals surface area contributed by atoms with Crippen molar-refractivity contribution in [1.29, 1.82) is 0 Å². The molecule has 0 radical (unpaired) electrons. The Hall–Kier alpha value is -1.68. The lowest BCUT2D eigenvalue weighted by atomic mass is 10.1. The molecule has 0 aliphatic rings. The summed E-state index contributed by atoms with van der Waals surface area (Å²) in [4.78, 5) is 0. The Morgan fingerprint density at radius 3 is 2.69 bits per heavy atom. The zero-order chi connectivity index (χ0) is 11.5. The van der Waals surface area contributed by atoms with Crippen molar-refractivity contribution < 1.29 is 13.2 Å². The molecule has 16 heavy (non-hydrogen) atoms. The molecule has 0 saturated heterocycles. The van der Waals surface area contributed by atoms with Gasteiger partial charge in [-0.2, -0.15) is 0 Å². The Bertz CT molecular complexity index is 494. The summed E-state index contributed by atoms with van der Waals surface area (Å²) in [5.41, 5.74) is 0.993. The third-order valence-electron chi connectivity index (χ3n) is 2.30. The van der Waals surface area contributed by atoms with Crippen LogP contribution in [0.4, 0.5) is 8.78 Å². The molecule has 84 valence electrons. The van der Waals surface area contributed by atoms with Crippen LogP contribution >= 0.6 is 0 Å². The fourth-order valence-corrected chi connectivity index (χ4v) is 1.59. The van der Waals surface area contributed by atoms with E-state index in [0.29, 0.717) is 23.4 Å². The molecule has 1 N–H and O–H groups in total. The van der Waals surface area contributed by atoms with Crippen molar-refractivity contribution in [3.05, 3.63) is 47.9 Å². The van der Waals surface area contributed by atoms with Crippen LogP contribution in [-0.2, 0) is 6.54 Å². The van der Waals surface area contributed by atoms with E-state index >= 15 is 0 Å². The Labute approximate surface area is 91.9 Å². The highest BCUT2D eigenvalue weighted by Crippen LogP contribution is 2.27. The van der Waals surface area contributed by atoms with Gasteiger partial charge in [-0.15, -0.1) is 0 Å². The quantitative estimate of drug-likeness (QED) is 0.865. The largest absolute Gasteiger partial charge is 0.467 e. The lowest BCUT2D eigenvalue weighted by molar-refractivity contribution is 0.496. The Morgan fingerprint density at radius 1 is 1.19 bits per heavy atom. The summed E-state index contributed by atoms with van der Waals surface area (Å²) in [7, 11) is 1.77. The molecule has 1 heterocycles.